The van der Waals surface area contributed by atoms with Crippen LogP contribution in [0.4, 0.5) is 0 Å². The fraction of sp³-hybridized carbons (Fsp3) is 0.333. The average molecular weight is 484 g/mol. The van der Waals surface area contributed by atoms with Gasteiger partial charge in [0.25, 0.3) is 0 Å². The van der Waals surface area contributed by atoms with Crippen LogP contribution in [0.2, 0.25) is 0 Å². The Labute approximate surface area is 172 Å². The lowest BCUT2D eigenvalue weighted by atomic mass is 10.2. The summed E-state index contributed by atoms with van der Waals surface area (Å²) < 4.78 is 24.2. The number of hydrogen-bond donors (Lipinski definition) is 0. The highest BCUT2D eigenvalue weighted by atomic mass is 127. The van der Waals surface area contributed by atoms with E-state index in [-0.39, 0.29) is 0 Å². The first-order valence-corrected chi connectivity index (χ1v) is 10.9. The topological polar surface area (TPSA) is 35.5 Å². The third kappa shape index (κ3) is 7.21. The Bertz CT molecular complexity index is 724. The fourth-order valence-electron chi connectivity index (χ4n) is 2.33. The Morgan fingerprint density at radius 1 is 1.08 bits per heavy atom. The zero-order valence-electron chi connectivity index (χ0n) is 15.2. The standard InChI is InChI=1S/C21H25IO3S/c1-17-7-13-20(14-8-17)26(23)21(22)6-4-3-5-15-25-16-18-9-11-19(24-2)12-10-18/h6-14H,3-5,15-16H2,1-2H3/b21-6-/t26-/m0/s1. The lowest BCUT2D eigenvalue weighted by molar-refractivity contribution is 0.117. The summed E-state index contributed by atoms with van der Waals surface area (Å²) in [4.78, 5) is 0.860. The van der Waals surface area contributed by atoms with E-state index in [4.69, 9.17) is 9.47 Å². The van der Waals surface area contributed by atoms with Crippen LogP contribution in [0.1, 0.15) is 30.4 Å². The molecule has 0 fully saturated rings. The third-order valence-corrected chi connectivity index (χ3v) is 6.75. The summed E-state index contributed by atoms with van der Waals surface area (Å²) >= 11 is 2.18. The van der Waals surface area contributed by atoms with Crippen LogP contribution in [-0.2, 0) is 22.1 Å². The Hall–Kier alpha value is -1.18. The van der Waals surface area contributed by atoms with Crippen molar-refractivity contribution in [2.45, 2.75) is 37.7 Å². The van der Waals surface area contributed by atoms with E-state index in [2.05, 4.69) is 28.7 Å². The van der Waals surface area contributed by atoms with Crippen LogP contribution >= 0.6 is 22.6 Å². The normalized spacial score (nSPS) is 12.8. The third-order valence-electron chi connectivity index (χ3n) is 3.89. The number of benzene rings is 2. The molecule has 0 aliphatic heterocycles. The molecular weight excluding hydrogens is 459 g/mol. The number of rotatable bonds is 10. The van der Waals surface area contributed by atoms with Crippen LogP contribution in [0.3, 0.4) is 0 Å². The van der Waals surface area contributed by atoms with Gasteiger partial charge in [-0.25, -0.2) is 4.21 Å². The van der Waals surface area contributed by atoms with Crippen molar-refractivity contribution in [1.82, 2.24) is 0 Å². The molecule has 0 saturated carbocycles. The lowest BCUT2D eigenvalue weighted by Gasteiger charge is -2.05. The smallest absolute Gasteiger partial charge is 0.118 e. The van der Waals surface area contributed by atoms with Crippen molar-refractivity contribution in [3.8, 4) is 5.75 Å². The van der Waals surface area contributed by atoms with Crippen LogP contribution in [0.25, 0.3) is 0 Å². The second-order valence-corrected chi connectivity index (χ2v) is 9.33. The summed E-state index contributed by atoms with van der Waals surface area (Å²) in [6.07, 6.45) is 5.01. The van der Waals surface area contributed by atoms with E-state index in [0.29, 0.717) is 6.61 Å². The number of allylic oxidation sites excluding steroid dienone is 1. The zero-order chi connectivity index (χ0) is 18.8. The molecule has 0 amide bonds. The predicted octanol–water partition coefficient (Wildman–Crippen LogP) is 5.77. The fourth-order valence-corrected chi connectivity index (χ4v) is 4.28. The van der Waals surface area contributed by atoms with Gasteiger partial charge in [-0.05, 0) is 78.6 Å². The number of unbranched alkanes of at least 4 members (excludes halogenated alkanes) is 2. The SMILES string of the molecule is COc1ccc(COCCCC/C=C(/I)[S@@](=O)c2ccc(C)cc2)cc1. The van der Waals surface area contributed by atoms with Gasteiger partial charge in [-0.2, -0.15) is 0 Å². The van der Waals surface area contributed by atoms with E-state index in [9.17, 15) is 4.21 Å². The number of aryl methyl sites for hydroxylation is 1. The van der Waals surface area contributed by atoms with Crippen molar-refractivity contribution in [2.75, 3.05) is 13.7 Å². The van der Waals surface area contributed by atoms with Crippen LogP contribution in [-0.4, -0.2) is 17.9 Å². The maximum atomic E-state index is 12.4. The van der Waals surface area contributed by atoms with Gasteiger partial charge in [-0.3, -0.25) is 0 Å². The second-order valence-electron chi connectivity index (χ2n) is 5.99. The van der Waals surface area contributed by atoms with E-state index >= 15 is 0 Å². The van der Waals surface area contributed by atoms with Crippen molar-refractivity contribution >= 4 is 33.4 Å². The highest BCUT2D eigenvalue weighted by Crippen LogP contribution is 2.21. The van der Waals surface area contributed by atoms with Gasteiger partial charge in [0.2, 0.25) is 0 Å². The molecule has 140 valence electrons. The number of ether oxygens (including phenoxy) is 2. The van der Waals surface area contributed by atoms with E-state index in [1.165, 1.54) is 5.56 Å². The van der Waals surface area contributed by atoms with Crippen molar-refractivity contribution in [2.24, 2.45) is 0 Å². The quantitative estimate of drug-likeness (QED) is 0.317. The van der Waals surface area contributed by atoms with Crippen molar-refractivity contribution in [3.63, 3.8) is 0 Å². The first-order chi connectivity index (χ1) is 12.6. The summed E-state index contributed by atoms with van der Waals surface area (Å²) in [7, 11) is 0.597. The van der Waals surface area contributed by atoms with Crippen molar-refractivity contribution < 1.29 is 13.7 Å². The predicted molar refractivity (Wildman–Crippen MR) is 116 cm³/mol. The summed E-state index contributed by atoms with van der Waals surface area (Å²) in [6, 6.07) is 15.8. The maximum absolute atomic E-state index is 12.4. The molecule has 0 N–H and O–H groups in total. The van der Waals surface area contributed by atoms with Gasteiger partial charge < -0.3 is 9.47 Å². The molecule has 0 aliphatic rings. The van der Waals surface area contributed by atoms with Crippen LogP contribution in [0.15, 0.2) is 62.4 Å². The Kier molecular flexibility index (Phi) is 9.36. The largest absolute Gasteiger partial charge is 0.497 e. The van der Waals surface area contributed by atoms with Gasteiger partial charge in [0, 0.05) is 11.5 Å². The molecule has 0 heterocycles. The Balaban J connectivity index is 1.63. The van der Waals surface area contributed by atoms with Crippen molar-refractivity contribution in [1.29, 1.82) is 0 Å². The molecule has 0 saturated heterocycles. The summed E-state index contributed by atoms with van der Waals surface area (Å²) in [5.41, 5.74) is 2.33. The molecule has 1 atom stereocenters. The zero-order valence-corrected chi connectivity index (χ0v) is 18.2. The van der Waals surface area contributed by atoms with E-state index < -0.39 is 10.8 Å². The molecule has 3 nitrogen and oxygen atoms in total. The first kappa shape index (κ1) is 21.1. The summed E-state index contributed by atoms with van der Waals surface area (Å²) in [6.45, 7) is 3.39. The molecule has 2 rings (SSSR count). The van der Waals surface area contributed by atoms with E-state index in [1.54, 1.807) is 7.11 Å². The number of methoxy groups -OCH3 is 1. The Morgan fingerprint density at radius 2 is 1.77 bits per heavy atom. The van der Waals surface area contributed by atoms with Gasteiger partial charge in [-0.15, -0.1) is 0 Å². The minimum absolute atomic E-state index is 0.620. The second kappa shape index (κ2) is 11.5. The average Bonchev–Trinajstić information content (AvgIpc) is 2.67. The van der Waals surface area contributed by atoms with Gasteiger partial charge in [0.15, 0.2) is 0 Å². The molecule has 0 aromatic heterocycles. The minimum Gasteiger partial charge on any atom is -0.497 e. The first-order valence-electron chi connectivity index (χ1n) is 8.65. The van der Waals surface area contributed by atoms with Gasteiger partial charge in [0.05, 0.1) is 27.4 Å². The van der Waals surface area contributed by atoms with E-state index in [1.807, 2.05) is 55.5 Å². The number of hydrogen-bond acceptors (Lipinski definition) is 3. The molecule has 2 aromatic rings. The van der Waals surface area contributed by atoms with Gasteiger partial charge in [0.1, 0.15) is 5.75 Å². The van der Waals surface area contributed by atoms with E-state index in [0.717, 1.165) is 45.0 Å². The monoisotopic (exact) mass is 484 g/mol. The molecule has 0 aliphatic carbocycles. The molecule has 0 bridgehead atoms. The van der Waals surface area contributed by atoms with Crippen molar-refractivity contribution in [3.05, 3.63) is 68.6 Å². The maximum Gasteiger partial charge on any atom is 0.118 e. The van der Waals surface area contributed by atoms with Gasteiger partial charge in [-0.1, -0.05) is 35.9 Å². The molecule has 5 heteroatoms. The highest BCUT2D eigenvalue weighted by molar-refractivity contribution is 14.1. The molecule has 2 aromatic carbocycles. The molecular formula is C21H25IO3S. The van der Waals surface area contributed by atoms with Crippen LogP contribution in [0, 0.1) is 6.92 Å². The van der Waals surface area contributed by atoms with Gasteiger partial charge >= 0.3 is 0 Å². The minimum atomic E-state index is -1.07. The highest BCUT2D eigenvalue weighted by Gasteiger charge is 2.06. The number of halogens is 1. The Morgan fingerprint density at radius 3 is 2.42 bits per heavy atom. The molecule has 26 heavy (non-hydrogen) atoms. The van der Waals surface area contributed by atoms with Crippen LogP contribution in [0.5, 0.6) is 5.75 Å². The summed E-state index contributed by atoms with van der Waals surface area (Å²) in [5, 5.41) is 0. The molecule has 0 spiro atoms. The van der Waals surface area contributed by atoms with Crippen LogP contribution < -0.4 is 4.74 Å². The molecule has 0 unspecified atom stereocenters. The summed E-state index contributed by atoms with van der Waals surface area (Å²) in [5.74, 6) is 0.859. The lowest BCUT2D eigenvalue weighted by Crippen LogP contribution is -1.96. The molecule has 0 radical (unpaired) electrons.